The number of aromatic nitrogens is 1. The van der Waals surface area contributed by atoms with E-state index < -0.39 is 0 Å². The minimum atomic E-state index is -0.385. The molecule has 1 aromatic heterocycles. The molecule has 0 aliphatic carbocycles. The molecule has 0 spiro atoms. The van der Waals surface area contributed by atoms with Crippen LogP contribution in [-0.2, 0) is 0 Å². The number of carbonyl (C=O) groups excluding carboxylic acids is 1. The van der Waals surface area contributed by atoms with Gasteiger partial charge in [0, 0.05) is 5.69 Å². The fourth-order valence-electron chi connectivity index (χ4n) is 1.09. The van der Waals surface area contributed by atoms with Gasteiger partial charge < -0.3 is 9.73 Å². The van der Waals surface area contributed by atoms with Crippen LogP contribution < -0.4 is 10.6 Å². The molecule has 0 saturated carbocycles. The summed E-state index contributed by atoms with van der Waals surface area (Å²) in [5.74, 6) is 0. The van der Waals surface area contributed by atoms with Crippen LogP contribution in [0.5, 0.6) is 0 Å². The van der Waals surface area contributed by atoms with E-state index in [0.717, 1.165) is 0 Å². The summed E-state index contributed by atoms with van der Waals surface area (Å²) in [7, 11) is 0. The molecule has 0 fully saturated rings. The number of benzene rings is 1. The average molecular weight is 329 g/mol. The Morgan fingerprint density at radius 2 is 2.00 bits per heavy atom. The molecule has 82 valence electrons. The first-order valence-corrected chi connectivity index (χ1v) is 5.56. The number of oxazole rings is 1. The first-order valence-electron chi connectivity index (χ1n) is 4.48. The number of rotatable bonds is 2. The van der Waals surface area contributed by atoms with E-state index in [0.29, 0.717) is 9.39 Å². The Morgan fingerprint density at radius 1 is 1.25 bits per heavy atom. The topological polar surface area (TPSA) is 67.2 Å². The second kappa shape index (κ2) is 4.97. The summed E-state index contributed by atoms with van der Waals surface area (Å²) < 4.78 is 5.67. The molecule has 0 unspecified atom stereocenters. The molecular formula is C10H8IN3O2. The van der Waals surface area contributed by atoms with Gasteiger partial charge in [-0.25, -0.2) is 4.79 Å². The predicted octanol–water partition coefficient (Wildman–Crippen LogP) is 2.92. The molecule has 0 atom stereocenters. The van der Waals surface area contributed by atoms with Crippen molar-refractivity contribution in [2.45, 2.75) is 0 Å². The monoisotopic (exact) mass is 329 g/mol. The smallest absolute Gasteiger partial charge is 0.327 e. The van der Waals surface area contributed by atoms with Crippen molar-refractivity contribution >= 4 is 40.3 Å². The number of halogens is 1. The molecule has 0 saturated heterocycles. The van der Waals surface area contributed by atoms with Crippen LogP contribution in [0.1, 0.15) is 0 Å². The Kier molecular flexibility index (Phi) is 3.40. The molecule has 2 rings (SSSR count). The second-order valence-corrected chi connectivity index (χ2v) is 4.03. The maximum atomic E-state index is 11.5. The van der Waals surface area contributed by atoms with Gasteiger partial charge in [0.25, 0.3) is 0 Å². The highest BCUT2D eigenvalue weighted by molar-refractivity contribution is 14.1. The van der Waals surface area contributed by atoms with Gasteiger partial charge in [-0.3, -0.25) is 5.32 Å². The van der Waals surface area contributed by atoms with Crippen LogP contribution in [0.3, 0.4) is 0 Å². The summed E-state index contributed by atoms with van der Waals surface area (Å²) in [5, 5.41) is 5.13. The van der Waals surface area contributed by atoms with Crippen molar-refractivity contribution in [3.8, 4) is 0 Å². The molecule has 0 radical (unpaired) electrons. The number of para-hydroxylation sites is 1. The number of anilines is 2. The molecule has 0 aliphatic rings. The zero-order chi connectivity index (χ0) is 11.4. The molecule has 16 heavy (non-hydrogen) atoms. The number of nitrogens with one attached hydrogen (secondary N) is 2. The number of carbonyl (C=O) groups is 1. The Balaban J connectivity index is 1.95. The Morgan fingerprint density at radius 3 is 2.62 bits per heavy atom. The SMILES string of the molecule is O=C(Nc1ccccc1)Nc1nc(I)co1. The fourth-order valence-corrected chi connectivity index (χ4v) is 1.44. The first kappa shape index (κ1) is 10.9. The highest BCUT2D eigenvalue weighted by atomic mass is 127. The van der Waals surface area contributed by atoms with Crippen LogP contribution >= 0.6 is 22.6 Å². The van der Waals surface area contributed by atoms with Crippen molar-refractivity contribution in [1.29, 1.82) is 0 Å². The normalized spacial score (nSPS) is 9.81. The molecule has 2 aromatic rings. The van der Waals surface area contributed by atoms with Gasteiger partial charge in [0.1, 0.15) is 9.96 Å². The van der Waals surface area contributed by atoms with Gasteiger partial charge in [0.05, 0.1) is 0 Å². The predicted molar refractivity (Wildman–Crippen MR) is 68.3 cm³/mol. The lowest BCUT2D eigenvalue weighted by Gasteiger charge is -2.03. The Labute approximate surface area is 105 Å². The van der Waals surface area contributed by atoms with E-state index in [9.17, 15) is 4.79 Å². The van der Waals surface area contributed by atoms with Gasteiger partial charge in [0.2, 0.25) is 0 Å². The summed E-state index contributed by atoms with van der Waals surface area (Å²) in [6, 6.07) is 8.92. The van der Waals surface area contributed by atoms with Crippen molar-refractivity contribution < 1.29 is 9.21 Å². The van der Waals surface area contributed by atoms with E-state index in [4.69, 9.17) is 4.42 Å². The molecule has 0 bridgehead atoms. The van der Waals surface area contributed by atoms with Crippen LogP contribution in [0, 0.1) is 3.70 Å². The Bertz CT molecular complexity index is 484. The standard InChI is InChI=1S/C10H8IN3O2/c11-8-6-16-10(13-8)14-9(15)12-7-4-2-1-3-5-7/h1-6H,(H2,12,13,14,15). The van der Waals surface area contributed by atoms with Gasteiger partial charge in [0.15, 0.2) is 0 Å². The van der Waals surface area contributed by atoms with Crippen LogP contribution in [0.4, 0.5) is 16.5 Å². The molecule has 1 aromatic carbocycles. The minimum absolute atomic E-state index is 0.179. The number of hydrogen-bond acceptors (Lipinski definition) is 3. The van der Waals surface area contributed by atoms with Gasteiger partial charge >= 0.3 is 12.0 Å². The third-order valence-electron chi connectivity index (χ3n) is 1.73. The highest BCUT2D eigenvalue weighted by Gasteiger charge is 2.06. The quantitative estimate of drug-likeness (QED) is 0.833. The molecule has 6 heteroatoms. The van der Waals surface area contributed by atoms with Crippen LogP contribution in [0.2, 0.25) is 0 Å². The zero-order valence-electron chi connectivity index (χ0n) is 8.11. The van der Waals surface area contributed by atoms with Crippen molar-refractivity contribution in [1.82, 2.24) is 4.98 Å². The van der Waals surface area contributed by atoms with Gasteiger partial charge in [-0.05, 0) is 34.7 Å². The van der Waals surface area contributed by atoms with Crippen molar-refractivity contribution in [2.24, 2.45) is 0 Å². The van der Waals surface area contributed by atoms with Crippen molar-refractivity contribution in [3.05, 3.63) is 40.3 Å². The van der Waals surface area contributed by atoms with E-state index in [-0.39, 0.29) is 12.0 Å². The van der Waals surface area contributed by atoms with Crippen LogP contribution in [0.15, 0.2) is 41.0 Å². The van der Waals surface area contributed by atoms with Gasteiger partial charge in [-0.15, -0.1) is 0 Å². The van der Waals surface area contributed by atoms with Crippen molar-refractivity contribution in [3.63, 3.8) is 0 Å². The lowest BCUT2D eigenvalue weighted by Crippen LogP contribution is -2.19. The van der Waals surface area contributed by atoms with E-state index in [1.807, 2.05) is 40.8 Å². The maximum Gasteiger partial charge on any atom is 0.327 e. The van der Waals surface area contributed by atoms with Crippen molar-refractivity contribution in [2.75, 3.05) is 10.6 Å². The number of nitrogens with zero attached hydrogens (tertiary/aromatic N) is 1. The fraction of sp³-hybridized carbons (Fsp3) is 0. The molecule has 0 aliphatic heterocycles. The summed E-state index contributed by atoms with van der Waals surface area (Å²) in [6.45, 7) is 0. The lowest BCUT2D eigenvalue weighted by atomic mass is 10.3. The number of amides is 2. The summed E-state index contributed by atoms with van der Waals surface area (Å²) in [5.41, 5.74) is 0.709. The second-order valence-electron chi connectivity index (χ2n) is 2.92. The van der Waals surface area contributed by atoms with Crippen LogP contribution in [0.25, 0.3) is 0 Å². The maximum absolute atomic E-state index is 11.5. The average Bonchev–Trinajstić information content (AvgIpc) is 2.65. The minimum Gasteiger partial charge on any atom is -0.431 e. The summed E-state index contributed by atoms with van der Waals surface area (Å²) in [4.78, 5) is 15.4. The summed E-state index contributed by atoms with van der Waals surface area (Å²) in [6.07, 6.45) is 1.46. The lowest BCUT2D eigenvalue weighted by molar-refractivity contribution is 0.261. The third-order valence-corrected chi connectivity index (χ3v) is 2.22. The van der Waals surface area contributed by atoms with E-state index in [1.165, 1.54) is 6.26 Å². The number of hydrogen-bond donors (Lipinski definition) is 2. The first-order chi connectivity index (χ1) is 7.74. The highest BCUT2D eigenvalue weighted by Crippen LogP contribution is 2.10. The van der Waals surface area contributed by atoms with E-state index in [1.54, 1.807) is 12.1 Å². The third kappa shape index (κ3) is 2.96. The molecule has 2 N–H and O–H groups in total. The molecular weight excluding hydrogens is 321 g/mol. The van der Waals surface area contributed by atoms with E-state index >= 15 is 0 Å². The van der Waals surface area contributed by atoms with E-state index in [2.05, 4.69) is 15.6 Å². The largest absolute Gasteiger partial charge is 0.431 e. The molecule has 5 nitrogen and oxygen atoms in total. The van der Waals surface area contributed by atoms with Crippen LogP contribution in [-0.4, -0.2) is 11.0 Å². The van der Waals surface area contributed by atoms with Gasteiger partial charge in [-0.1, -0.05) is 18.2 Å². The Hall–Kier alpha value is -1.57. The molecule has 1 heterocycles. The van der Waals surface area contributed by atoms with Gasteiger partial charge in [-0.2, -0.15) is 4.98 Å². The zero-order valence-corrected chi connectivity index (χ0v) is 10.3. The summed E-state index contributed by atoms with van der Waals surface area (Å²) >= 11 is 1.99. The molecule has 2 amide bonds. The number of urea groups is 1.